The third kappa shape index (κ3) is 3.73. The first-order valence-corrected chi connectivity index (χ1v) is 9.28. The van der Waals surface area contributed by atoms with Gasteiger partial charge in [0.1, 0.15) is 5.82 Å². The highest BCUT2D eigenvalue weighted by atomic mass is 79.9. The van der Waals surface area contributed by atoms with Crippen molar-refractivity contribution < 1.29 is 13.6 Å². The van der Waals surface area contributed by atoms with E-state index in [1.807, 2.05) is 30.3 Å². The van der Waals surface area contributed by atoms with Crippen LogP contribution in [0.4, 0.5) is 10.1 Å². The molecule has 0 unspecified atom stereocenters. The van der Waals surface area contributed by atoms with Crippen LogP contribution in [0.5, 0.6) is 0 Å². The molecule has 0 saturated heterocycles. The first kappa shape index (κ1) is 18.1. The summed E-state index contributed by atoms with van der Waals surface area (Å²) in [5.74, 6) is -0.0513. The van der Waals surface area contributed by atoms with Crippen LogP contribution in [0, 0.1) is 5.82 Å². The van der Waals surface area contributed by atoms with Crippen molar-refractivity contribution in [1.82, 2.24) is 4.98 Å². The molecule has 0 aliphatic carbocycles. The Bertz CT molecular complexity index is 1140. The predicted octanol–water partition coefficient (Wildman–Crippen LogP) is 6.16. The van der Waals surface area contributed by atoms with E-state index in [2.05, 4.69) is 26.2 Å². The Labute approximate surface area is 169 Å². The monoisotopic (exact) mass is 436 g/mol. The average molecular weight is 437 g/mol. The average Bonchev–Trinajstić information content (AvgIpc) is 3.21. The number of amides is 1. The summed E-state index contributed by atoms with van der Waals surface area (Å²) in [6, 6.07) is 20.9. The van der Waals surface area contributed by atoms with E-state index >= 15 is 0 Å². The van der Waals surface area contributed by atoms with Gasteiger partial charge in [0.05, 0.1) is 17.4 Å². The number of oxazole rings is 1. The molecule has 1 N–H and O–H groups in total. The van der Waals surface area contributed by atoms with Crippen LogP contribution in [0.2, 0.25) is 0 Å². The molecule has 4 aromatic rings. The highest BCUT2D eigenvalue weighted by molar-refractivity contribution is 9.10. The molecular formula is C22H14BrFN2O2. The number of benzene rings is 3. The zero-order valence-electron chi connectivity index (χ0n) is 14.5. The summed E-state index contributed by atoms with van der Waals surface area (Å²) in [4.78, 5) is 17.1. The van der Waals surface area contributed by atoms with Gasteiger partial charge in [-0.3, -0.25) is 4.79 Å². The summed E-state index contributed by atoms with van der Waals surface area (Å²) in [6.45, 7) is 0. The summed E-state index contributed by atoms with van der Waals surface area (Å²) in [7, 11) is 0. The molecule has 0 spiro atoms. The predicted molar refractivity (Wildman–Crippen MR) is 109 cm³/mol. The number of nitrogens with zero attached hydrogens (tertiary/aromatic N) is 1. The minimum atomic E-state index is -0.525. The van der Waals surface area contributed by atoms with Crippen molar-refractivity contribution in [3.63, 3.8) is 0 Å². The number of halogens is 2. The molecule has 0 aliphatic heterocycles. The van der Waals surface area contributed by atoms with Crippen molar-refractivity contribution in [1.29, 1.82) is 0 Å². The summed E-state index contributed by atoms with van der Waals surface area (Å²) in [5.41, 5.74) is 1.85. The van der Waals surface area contributed by atoms with E-state index < -0.39 is 11.7 Å². The second-order valence-corrected chi connectivity index (χ2v) is 6.94. The number of rotatable bonds is 4. The molecular weight excluding hydrogens is 423 g/mol. The van der Waals surface area contributed by atoms with E-state index in [1.165, 1.54) is 12.1 Å². The molecule has 0 saturated carbocycles. The van der Waals surface area contributed by atoms with E-state index in [4.69, 9.17) is 4.42 Å². The van der Waals surface area contributed by atoms with Crippen LogP contribution in [0.1, 0.15) is 10.4 Å². The molecule has 138 valence electrons. The molecule has 0 aliphatic rings. The molecule has 4 rings (SSSR count). The van der Waals surface area contributed by atoms with Gasteiger partial charge in [0, 0.05) is 15.6 Å². The lowest BCUT2D eigenvalue weighted by Gasteiger charge is -2.09. The fourth-order valence-corrected chi connectivity index (χ4v) is 3.12. The zero-order chi connectivity index (χ0) is 19.5. The van der Waals surface area contributed by atoms with Crippen LogP contribution in [0.25, 0.3) is 22.8 Å². The molecule has 1 aromatic heterocycles. The van der Waals surface area contributed by atoms with Crippen molar-refractivity contribution in [2.75, 3.05) is 5.32 Å². The number of hydrogen-bond acceptors (Lipinski definition) is 3. The number of aromatic nitrogens is 1. The number of carbonyl (C=O) groups is 1. The smallest absolute Gasteiger partial charge is 0.256 e. The Balaban J connectivity index is 1.66. The van der Waals surface area contributed by atoms with Crippen LogP contribution in [-0.4, -0.2) is 10.9 Å². The molecule has 0 bridgehead atoms. The van der Waals surface area contributed by atoms with Gasteiger partial charge < -0.3 is 9.73 Å². The third-order valence-electron chi connectivity index (χ3n) is 4.15. The van der Waals surface area contributed by atoms with Gasteiger partial charge in [0.2, 0.25) is 5.89 Å². The summed E-state index contributed by atoms with van der Waals surface area (Å²) in [6.07, 6.45) is 1.62. The minimum Gasteiger partial charge on any atom is -0.436 e. The standard InChI is InChI=1S/C22H14BrFN2O2/c23-15-10-11-19(18(24)12-15)26-21(27)16-8-4-5-9-17(16)22-25-13-20(28-22)14-6-2-1-3-7-14/h1-13H,(H,26,27). The van der Waals surface area contributed by atoms with Gasteiger partial charge in [0.15, 0.2) is 5.76 Å². The number of anilines is 1. The number of carbonyl (C=O) groups excluding carboxylic acids is 1. The molecule has 0 fully saturated rings. The van der Waals surface area contributed by atoms with Gasteiger partial charge in [-0.15, -0.1) is 0 Å². The maximum Gasteiger partial charge on any atom is 0.256 e. The van der Waals surface area contributed by atoms with Crippen LogP contribution in [0.15, 0.2) is 87.9 Å². The maximum atomic E-state index is 14.1. The van der Waals surface area contributed by atoms with Crippen LogP contribution in [-0.2, 0) is 0 Å². The van der Waals surface area contributed by atoms with E-state index in [-0.39, 0.29) is 5.69 Å². The normalized spacial score (nSPS) is 10.6. The summed E-state index contributed by atoms with van der Waals surface area (Å²) in [5, 5.41) is 2.60. The lowest BCUT2D eigenvalue weighted by Crippen LogP contribution is -2.14. The fourth-order valence-electron chi connectivity index (χ4n) is 2.78. The van der Waals surface area contributed by atoms with Crippen LogP contribution in [0.3, 0.4) is 0 Å². The van der Waals surface area contributed by atoms with Crippen molar-refractivity contribution in [3.8, 4) is 22.8 Å². The first-order chi connectivity index (χ1) is 13.6. The Morgan fingerprint density at radius 1 is 1.00 bits per heavy atom. The highest BCUT2D eigenvalue weighted by Crippen LogP contribution is 2.29. The largest absolute Gasteiger partial charge is 0.436 e. The fraction of sp³-hybridized carbons (Fsp3) is 0. The van der Waals surface area contributed by atoms with Gasteiger partial charge in [-0.05, 0) is 30.3 Å². The lowest BCUT2D eigenvalue weighted by atomic mass is 10.1. The molecule has 0 radical (unpaired) electrons. The Morgan fingerprint density at radius 3 is 2.54 bits per heavy atom. The van der Waals surface area contributed by atoms with Crippen molar-refractivity contribution in [2.24, 2.45) is 0 Å². The van der Waals surface area contributed by atoms with Gasteiger partial charge >= 0.3 is 0 Å². The lowest BCUT2D eigenvalue weighted by molar-refractivity contribution is 0.102. The Morgan fingerprint density at radius 2 is 1.75 bits per heavy atom. The zero-order valence-corrected chi connectivity index (χ0v) is 16.1. The van der Waals surface area contributed by atoms with E-state index in [0.717, 1.165) is 5.56 Å². The molecule has 4 nitrogen and oxygen atoms in total. The minimum absolute atomic E-state index is 0.0976. The molecule has 1 amide bonds. The summed E-state index contributed by atoms with van der Waals surface area (Å²) < 4.78 is 20.5. The second kappa shape index (κ2) is 7.78. The van der Waals surface area contributed by atoms with Crippen molar-refractivity contribution in [2.45, 2.75) is 0 Å². The van der Waals surface area contributed by atoms with Crippen molar-refractivity contribution in [3.05, 3.63) is 94.8 Å². The van der Waals surface area contributed by atoms with Crippen molar-refractivity contribution >= 4 is 27.5 Å². The van der Waals surface area contributed by atoms with E-state index in [0.29, 0.717) is 27.3 Å². The third-order valence-corrected chi connectivity index (χ3v) is 4.64. The molecule has 1 heterocycles. The molecule has 28 heavy (non-hydrogen) atoms. The Kier molecular flexibility index (Phi) is 5.04. The van der Waals surface area contributed by atoms with E-state index in [9.17, 15) is 9.18 Å². The van der Waals surface area contributed by atoms with Gasteiger partial charge in [0.25, 0.3) is 5.91 Å². The number of nitrogens with one attached hydrogen (secondary N) is 1. The topological polar surface area (TPSA) is 55.1 Å². The first-order valence-electron chi connectivity index (χ1n) is 8.49. The van der Waals surface area contributed by atoms with Crippen LogP contribution >= 0.6 is 15.9 Å². The second-order valence-electron chi connectivity index (χ2n) is 6.02. The van der Waals surface area contributed by atoms with Gasteiger partial charge in [-0.25, -0.2) is 9.37 Å². The highest BCUT2D eigenvalue weighted by Gasteiger charge is 2.18. The van der Waals surface area contributed by atoms with Gasteiger partial charge in [-0.1, -0.05) is 58.4 Å². The van der Waals surface area contributed by atoms with Gasteiger partial charge in [-0.2, -0.15) is 0 Å². The maximum absolute atomic E-state index is 14.1. The Hall–Kier alpha value is -3.25. The summed E-state index contributed by atoms with van der Waals surface area (Å²) >= 11 is 3.20. The molecule has 6 heteroatoms. The quantitative estimate of drug-likeness (QED) is 0.416. The number of hydrogen-bond donors (Lipinski definition) is 1. The van der Waals surface area contributed by atoms with Crippen LogP contribution < -0.4 is 5.32 Å². The molecule has 3 aromatic carbocycles. The SMILES string of the molecule is O=C(Nc1ccc(Br)cc1F)c1ccccc1-c1ncc(-c2ccccc2)o1. The molecule has 0 atom stereocenters. The van der Waals surface area contributed by atoms with E-state index in [1.54, 1.807) is 36.5 Å².